The average Bonchev–Trinajstić information content (AvgIpc) is 2.30. The molecule has 5 nitrogen and oxygen atoms in total. The first-order valence-electron chi connectivity index (χ1n) is 5.03. The normalized spacial score (nSPS) is 9.76. The van der Waals surface area contributed by atoms with Crippen LogP contribution < -0.4 is 5.48 Å². The fourth-order valence-electron chi connectivity index (χ4n) is 0.624. The molecule has 0 fully saturated rings. The zero-order valence-electron chi connectivity index (χ0n) is 10.7. The fraction of sp³-hybridized carbons (Fsp3) is 0.333. The van der Waals surface area contributed by atoms with Gasteiger partial charge in [-0.3, -0.25) is 14.4 Å². The van der Waals surface area contributed by atoms with Crippen molar-refractivity contribution >= 4 is 11.7 Å². The van der Waals surface area contributed by atoms with Crippen molar-refractivity contribution in [2.24, 2.45) is 0 Å². The van der Waals surface area contributed by atoms with Crippen molar-refractivity contribution in [1.29, 1.82) is 0 Å². The summed E-state index contributed by atoms with van der Waals surface area (Å²) in [7, 11) is 1.25. The Bertz CT molecular complexity index is 342. The number of aliphatic hydroxyl groups is 1. The van der Waals surface area contributed by atoms with Crippen molar-refractivity contribution in [2.45, 2.75) is 20.8 Å². The zero-order valence-corrected chi connectivity index (χ0v) is 10.7. The van der Waals surface area contributed by atoms with Crippen LogP contribution in [-0.2, 0) is 14.4 Å². The van der Waals surface area contributed by atoms with Gasteiger partial charge in [0.25, 0.3) is 5.91 Å². The molecule has 0 aliphatic heterocycles. The molecule has 0 unspecified atom stereocenters. The lowest BCUT2D eigenvalue weighted by Crippen LogP contribution is -2.24. The van der Waals surface area contributed by atoms with E-state index in [0.717, 1.165) is 6.08 Å². The monoisotopic (exact) mass is 241 g/mol. The number of carbonyl (C=O) groups excluding carboxylic acids is 2. The van der Waals surface area contributed by atoms with Crippen LogP contribution in [0.3, 0.4) is 0 Å². The zero-order chi connectivity index (χ0) is 14.0. The second-order valence-corrected chi connectivity index (χ2v) is 2.72. The van der Waals surface area contributed by atoms with Gasteiger partial charge in [0.05, 0.1) is 12.7 Å². The maximum absolute atomic E-state index is 11.1. The Morgan fingerprint density at radius 1 is 1.29 bits per heavy atom. The first-order valence-corrected chi connectivity index (χ1v) is 5.03. The van der Waals surface area contributed by atoms with Gasteiger partial charge >= 0.3 is 0 Å². The SMILES string of the molecule is C=C(/C=C(/O)C(=C)C(=O)NOC)C(C)=O.CC. The summed E-state index contributed by atoms with van der Waals surface area (Å²) in [4.78, 5) is 26.2. The Morgan fingerprint density at radius 2 is 1.76 bits per heavy atom. The number of hydrogen-bond acceptors (Lipinski definition) is 4. The minimum Gasteiger partial charge on any atom is -0.507 e. The third kappa shape index (κ3) is 7.08. The van der Waals surface area contributed by atoms with Crippen LogP contribution in [0.15, 0.2) is 36.1 Å². The number of ketones is 1. The molecular weight excluding hydrogens is 222 g/mol. The molecular formula is C12H19NO4. The minimum atomic E-state index is -0.692. The van der Waals surface area contributed by atoms with Crippen LogP contribution in [0.5, 0.6) is 0 Å². The van der Waals surface area contributed by atoms with E-state index in [1.54, 1.807) is 0 Å². The first kappa shape index (κ1) is 17.5. The van der Waals surface area contributed by atoms with Crippen molar-refractivity contribution in [3.05, 3.63) is 36.1 Å². The summed E-state index contributed by atoms with van der Waals surface area (Å²) in [6, 6.07) is 0. The van der Waals surface area contributed by atoms with Gasteiger partial charge in [-0.05, 0) is 13.0 Å². The molecule has 0 rings (SSSR count). The lowest BCUT2D eigenvalue weighted by Gasteiger charge is -2.04. The van der Waals surface area contributed by atoms with Gasteiger partial charge in [0.15, 0.2) is 5.78 Å². The number of hydrogen-bond donors (Lipinski definition) is 2. The number of allylic oxidation sites excluding steroid dienone is 2. The van der Waals surface area contributed by atoms with E-state index < -0.39 is 11.7 Å². The quantitative estimate of drug-likeness (QED) is 0.333. The highest BCUT2D eigenvalue weighted by Gasteiger charge is 2.11. The summed E-state index contributed by atoms with van der Waals surface area (Å²) in [6.45, 7) is 12.0. The second-order valence-electron chi connectivity index (χ2n) is 2.72. The Morgan fingerprint density at radius 3 is 2.12 bits per heavy atom. The molecule has 0 saturated carbocycles. The van der Waals surface area contributed by atoms with E-state index in [9.17, 15) is 14.7 Å². The fourth-order valence-corrected chi connectivity index (χ4v) is 0.624. The molecule has 0 atom stereocenters. The molecule has 0 aromatic rings. The number of nitrogens with one attached hydrogen (secondary N) is 1. The van der Waals surface area contributed by atoms with E-state index >= 15 is 0 Å². The Labute approximate surface area is 101 Å². The van der Waals surface area contributed by atoms with E-state index in [4.69, 9.17) is 0 Å². The maximum Gasteiger partial charge on any atom is 0.277 e. The van der Waals surface area contributed by atoms with E-state index in [1.165, 1.54) is 14.0 Å². The third-order valence-corrected chi connectivity index (χ3v) is 1.54. The molecule has 17 heavy (non-hydrogen) atoms. The molecule has 0 aromatic carbocycles. The highest BCUT2D eigenvalue weighted by molar-refractivity contribution is 5.98. The molecule has 96 valence electrons. The Hall–Kier alpha value is -1.88. The highest BCUT2D eigenvalue weighted by Crippen LogP contribution is 2.07. The van der Waals surface area contributed by atoms with Crippen molar-refractivity contribution in [3.63, 3.8) is 0 Å². The van der Waals surface area contributed by atoms with E-state index in [2.05, 4.69) is 18.0 Å². The maximum atomic E-state index is 11.1. The van der Waals surface area contributed by atoms with Gasteiger partial charge in [-0.1, -0.05) is 27.0 Å². The number of carbonyl (C=O) groups is 2. The van der Waals surface area contributed by atoms with Crippen molar-refractivity contribution in [3.8, 4) is 0 Å². The van der Waals surface area contributed by atoms with Gasteiger partial charge < -0.3 is 5.11 Å². The number of Topliss-reactive ketones (excluding diaryl/α,β-unsaturated/α-hetero) is 1. The summed E-state index contributed by atoms with van der Waals surface area (Å²) < 4.78 is 0. The molecule has 0 spiro atoms. The molecule has 5 heteroatoms. The molecule has 2 N–H and O–H groups in total. The van der Waals surface area contributed by atoms with E-state index in [1.807, 2.05) is 19.3 Å². The lowest BCUT2D eigenvalue weighted by atomic mass is 10.1. The second kappa shape index (κ2) is 9.35. The summed E-state index contributed by atoms with van der Waals surface area (Å²) in [5.74, 6) is -1.42. The van der Waals surface area contributed by atoms with Gasteiger partial charge in [-0.2, -0.15) is 0 Å². The van der Waals surface area contributed by atoms with Crippen molar-refractivity contribution < 1.29 is 19.5 Å². The van der Waals surface area contributed by atoms with Gasteiger partial charge in [0, 0.05) is 5.57 Å². The number of hydroxylamine groups is 1. The number of amides is 1. The first-order chi connectivity index (χ1) is 7.90. The van der Waals surface area contributed by atoms with Gasteiger partial charge in [0.2, 0.25) is 0 Å². The molecule has 0 aliphatic rings. The molecule has 0 radical (unpaired) electrons. The van der Waals surface area contributed by atoms with Gasteiger partial charge in [-0.25, -0.2) is 5.48 Å². The van der Waals surface area contributed by atoms with E-state index in [-0.39, 0.29) is 16.9 Å². The summed E-state index contributed by atoms with van der Waals surface area (Å²) in [5, 5.41) is 9.37. The number of rotatable bonds is 5. The predicted molar refractivity (Wildman–Crippen MR) is 66.2 cm³/mol. The Kier molecular flexibility index (Phi) is 9.64. The van der Waals surface area contributed by atoms with Gasteiger partial charge in [-0.15, -0.1) is 0 Å². The highest BCUT2D eigenvalue weighted by atomic mass is 16.6. The molecule has 1 amide bonds. The third-order valence-electron chi connectivity index (χ3n) is 1.54. The number of aliphatic hydroxyl groups excluding tert-OH is 1. The summed E-state index contributed by atoms with van der Waals surface area (Å²) in [5.41, 5.74) is 1.85. The van der Waals surface area contributed by atoms with Crippen LogP contribution in [0, 0.1) is 0 Å². The van der Waals surface area contributed by atoms with Crippen LogP contribution in [0.2, 0.25) is 0 Å². The summed E-state index contributed by atoms with van der Waals surface area (Å²) in [6.07, 6.45) is 1.07. The average molecular weight is 241 g/mol. The predicted octanol–water partition coefficient (Wildman–Crippen LogP) is 1.83. The van der Waals surface area contributed by atoms with Crippen LogP contribution in [-0.4, -0.2) is 23.9 Å². The van der Waals surface area contributed by atoms with E-state index in [0.29, 0.717) is 0 Å². The standard InChI is InChI=1S/C10H13NO4.C2H6/c1-6(8(3)12)5-9(13)7(2)10(14)11-15-4;1-2/h5,13H,1-2H2,3-4H3,(H,11,14);1-2H3/b9-5+;. The topological polar surface area (TPSA) is 75.6 Å². The molecule has 0 aromatic heterocycles. The lowest BCUT2D eigenvalue weighted by molar-refractivity contribution is -0.127. The van der Waals surface area contributed by atoms with Crippen LogP contribution >= 0.6 is 0 Å². The smallest absolute Gasteiger partial charge is 0.277 e. The van der Waals surface area contributed by atoms with Crippen molar-refractivity contribution in [1.82, 2.24) is 5.48 Å². The van der Waals surface area contributed by atoms with Crippen molar-refractivity contribution in [2.75, 3.05) is 7.11 Å². The Balaban J connectivity index is 0. The molecule has 0 saturated heterocycles. The minimum absolute atomic E-state index is 0.0823. The summed E-state index contributed by atoms with van der Waals surface area (Å²) >= 11 is 0. The van der Waals surface area contributed by atoms with Crippen LogP contribution in [0.4, 0.5) is 0 Å². The van der Waals surface area contributed by atoms with Crippen LogP contribution in [0.25, 0.3) is 0 Å². The molecule has 0 heterocycles. The molecule has 0 bridgehead atoms. The van der Waals surface area contributed by atoms with Crippen LogP contribution in [0.1, 0.15) is 20.8 Å². The molecule has 0 aliphatic carbocycles. The van der Waals surface area contributed by atoms with Gasteiger partial charge in [0.1, 0.15) is 5.76 Å². The largest absolute Gasteiger partial charge is 0.507 e.